The van der Waals surface area contributed by atoms with E-state index in [0.717, 1.165) is 5.56 Å². The van der Waals surface area contributed by atoms with E-state index in [9.17, 15) is 14.4 Å². The zero-order valence-electron chi connectivity index (χ0n) is 12.6. The molecule has 1 aliphatic rings. The molecule has 0 aromatic heterocycles. The molecule has 3 amide bonds. The Morgan fingerprint density at radius 3 is 2.10 bits per heavy atom. The predicted octanol–water partition coefficient (Wildman–Crippen LogP) is 2.32. The van der Waals surface area contributed by atoms with Crippen molar-refractivity contribution in [3.63, 3.8) is 0 Å². The molecule has 5 nitrogen and oxygen atoms in total. The number of carbonyl (C=O) groups is 3. The number of carbonyl (C=O) groups excluding carboxylic acids is 3. The normalized spacial score (nSPS) is 15.5. The first-order chi connectivity index (χ1) is 9.77. The Morgan fingerprint density at radius 2 is 1.62 bits per heavy atom. The summed E-state index contributed by atoms with van der Waals surface area (Å²) in [4.78, 5) is 36.3. The monoisotopic (exact) mass is 288 g/mol. The van der Waals surface area contributed by atoms with Crippen molar-refractivity contribution in [2.45, 2.75) is 40.2 Å². The maximum atomic E-state index is 11.9. The number of nitrogens with zero attached hydrogens (tertiary/aromatic N) is 1. The highest BCUT2D eigenvalue weighted by Crippen LogP contribution is 2.19. The van der Waals surface area contributed by atoms with Crippen LogP contribution in [-0.4, -0.2) is 22.6 Å². The molecule has 5 heteroatoms. The van der Waals surface area contributed by atoms with Crippen molar-refractivity contribution in [2.75, 3.05) is 5.32 Å². The van der Waals surface area contributed by atoms with Crippen molar-refractivity contribution < 1.29 is 14.4 Å². The molecule has 0 bridgehead atoms. The highest BCUT2D eigenvalue weighted by atomic mass is 16.2. The molecule has 0 radical (unpaired) electrons. The Labute approximate surface area is 124 Å². The third kappa shape index (κ3) is 3.68. The van der Waals surface area contributed by atoms with Gasteiger partial charge in [0.15, 0.2) is 0 Å². The second kappa shape index (κ2) is 5.68. The first kappa shape index (κ1) is 15.2. The summed E-state index contributed by atoms with van der Waals surface area (Å²) in [5.74, 6) is -0.296. The highest BCUT2D eigenvalue weighted by Gasteiger charge is 2.28. The van der Waals surface area contributed by atoms with Gasteiger partial charge in [0.05, 0.1) is 6.54 Å². The zero-order valence-corrected chi connectivity index (χ0v) is 12.6. The first-order valence-corrected chi connectivity index (χ1v) is 7.01. The molecule has 112 valence electrons. The van der Waals surface area contributed by atoms with Gasteiger partial charge < -0.3 is 5.32 Å². The first-order valence-electron chi connectivity index (χ1n) is 7.01. The van der Waals surface area contributed by atoms with Crippen LogP contribution in [-0.2, 0) is 20.9 Å². The Hall–Kier alpha value is -2.17. The molecule has 1 heterocycles. The molecule has 1 aliphatic heterocycles. The Kier molecular flexibility index (Phi) is 4.11. The maximum absolute atomic E-state index is 11.9. The number of hydrogen-bond acceptors (Lipinski definition) is 3. The lowest BCUT2D eigenvalue weighted by Gasteiger charge is -2.18. The summed E-state index contributed by atoms with van der Waals surface area (Å²) in [5, 5.41) is 2.83. The molecule has 21 heavy (non-hydrogen) atoms. The standard InChI is InChI=1S/C16H20N2O3/c1-16(2,3)15(21)17-12-6-4-11(5-7-12)10-18-13(19)8-9-14(18)20/h4-7H,8-10H2,1-3H3,(H,17,21). The van der Waals surface area contributed by atoms with Crippen LogP contribution in [0.4, 0.5) is 5.69 Å². The number of rotatable bonds is 3. The maximum Gasteiger partial charge on any atom is 0.229 e. The smallest absolute Gasteiger partial charge is 0.229 e. The average molecular weight is 288 g/mol. The van der Waals surface area contributed by atoms with Crippen LogP contribution in [0.2, 0.25) is 0 Å². The molecule has 0 atom stereocenters. The Bertz CT molecular complexity index is 554. The van der Waals surface area contributed by atoms with Crippen molar-refractivity contribution in [3.8, 4) is 0 Å². The largest absolute Gasteiger partial charge is 0.326 e. The molecular formula is C16H20N2O3. The van der Waals surface area contributed by atoms with Crippen LogP contribution in [0.5, 0.6) is 0 Å². The topological polar surface area (TPSA) is 66.5 Å². The number of imide groups is 1. The molecule has 1 saturated heterocycles. The second-order valence-corrected chi connectivity index (χ2v) is 6.27. The van der Waals surface area contributed by atoms with Gasteiger partial charge in [0.2, 0.25) is 17.7 Å². The predicted molar refractivity (Wildman–Crippen MR) is 79.3 cm³/mol. The fourth-order valence-corrected chi connectivity index (χ4v) is 1.99. The number of likely N-dealkylation sites (tertiary alicyclic amines) is 1. The fourth-order valence-electron chi connectivity index (χ4n) is 1.99. The summed E-state index contributed by atoms with van der Waals surface area (Å²) < 4.78 is 0. The number of hydrogen-bond donors (Lipinski definition) is 1. The van der Waals surface area contributed by atoms with Gasteiger partial charge in [0, 0.05) is 23.9 Å². The summed E-state index contributed by atoms with van der Waals surface area (Å²) in [6.07, 6.45) is 0.608. The highest BCUT2D eigenvalue weighted by molar-refractivity contribution is 6.01. The lowest BCUT2D eigenvalue weighted by molar-refractivity contribution is -0.139. The molecule has 1 N–H and O–H groups in total. The minimum absolute atomic E-state index is 0.0554. The molecule has 2 rings (SSSR count). The zero-order chi connectivity index (χ0) is 15.6. The molecule has 0 unspecified atom stereocenters. The Balaban J connectivity index is 2.01. The van der Waals surface area contributed by atoms with Crippen molar-refractivity contribution in [3.05, 3.63) is 29.8 Å². The van der Waals surface area contributed by atoms with E-state index in [2.05, 4.69) is 5.32 Å². The molecule has 1 aromatic rings. The Morgan fingerprint density at radius 1 is 1.10 bits per heavy atom. The van der Waals surface area contributed by atoms with E-state index < -0.39 is 5.41 Å². The fraction of sp³-hybridized carbons (Fsp3) is 0.438. The van der Waals surface area contributed by atoms with Gasteiger partial charge >= 0.3 is 0 Å². The van der Waals surface area contributed by atoms with Crippen molar-refractivity contribution in [2.24, 2.45) is 5.41 Å². The molecular weight excluding hydrogens is 268 g/mol. The van der Waals surface area contributed by atoms with Gasteiger partial charge in [-0.2, -0.15) is 0 Å². The molecule has 1 aromatic carbocycles. The average Bonchev–Trinajstić information content (AvgIpc) is 2.71. The van der Waals surface area contributed by atoms with E-state index >= 15 is 0 Å². The number of amides is 3. The van der Waals surface area contributed by atoms with Crippen molar-refractivity contribution in [1.82, 2.24) is 4.90 Å². The van der Waals surface area contributed by atoms with Crippen molar-refractivity contribution >= 4 is 23.4 Å². The summed E-state index contributed by atoms with van der Waals surface area (Å²) in [6, 6.07) is 7.20. The summed E-state index contributed by atoms with van der Waals surface area (Å²) >= 11 is 0. The third-order valence-corrected chi connectivity index (χ3v) is 3.39. The van der Waals surface area contributed by atoms with Gasteiger partial charge in [-0.15, -0.1) is 0 Å². The minimum Gasteiger partial charge on any atom is -0.326 e. The van der Waals surface area contributed by atoms with Crippen LogP contribution in [0, 0.1) is 5.41 Å². The lowest BCUT2D eigenvalue weighted by Crippen LogP contribution is -2.28. The summed E-state index contributed by atoms with van der Waals surface area (Å²) in [5.41, 5.74) is 1.12. The van der Waals surface area contributed by atoms with Crippen LogP contribution >= 0.6 is 0 Å². The van der Waals surface area contributed by atoms with E-state index in [1.807, 2.05) is 32.9 Å². The van der Waals surface area contributed by atoms with E-state index in [1.54, 1.807) is 12.1 Å². The van der Waals surface area contributed by atoms with Gasteiger partial charge in [-0.3, -0.25) is 19.3 Å². The van der Waals surface area contributed by atoms with Crippen LogP contribution in [0.3, 0.4) is 0 Å². The van der Waals surface area contributed by atoms with Crippen LogP contribution in [0.15, 0.2) is 24.3 Å². The van der Waals surface area contributed by atoms with Gasteiger partial charge in [-0.05, 0) is 17.7 Å². The number of anilines is 1. The van der Waals surface area contributed by atoms with Gasteiger partial charge in [0.25, 0.3) is 0 Å². The van der Waals surface area contributed by atoms with E-state index in [-0.39, 0.29) is 17.7 Å². The lowest BCUT2D eigenvalue weighted by atomic mass is 9.95. The summed E-state index contributed by atoms with van der Waals surface area (Å²) in [6.45, 7) is 5.84. The van der Waals surface area contributed by atoms with E-state index in [1.165, 1.54) is 4.90 Å². The number of nitrogens with one attached hydrogen (secondary N) is 1. The molecule has 0 aliphatic carbocycles. The van der Waals surface area contributed by atoms with Crippen LogP contribution in [0.1, 0.15) is 39.2 Å². The van der Waals surface area contributed by atoms with Crippen LogP contribution in [0.25, 0.3) is 0 Å². The number of benzene rings is 1. The summed E-state index contributed by atoms with van der Waals surface area (Å²) in [7, 11) is 0. The van der Waals surface area contributed by atoms with E-state index in [4.69, 9.17) is 0 Å². The molecule has 0 spiro atoms. The second-order valence-electron chi connectivity index (χ2n) is 6.27. The van der Waals surface area contributed by atoms with Gasteiger partial charge in [0.1, 0.15) is 0 Å². The molecule has 0 saturated carbocycles. The van der Waals surface area contributed by atoms with Crippen molar-refractivity contribution in [1.29, 1.82) is 0 Å². The van der Waals surface area contributed by atoms with Crippen LogP contribution < -0.4 is 5.32 Å². The molecule has 1 fully saturated rings. The van der Waals surface area contributed by atoms with E-state index in [0.29, 0.717) is 25.1 Å². The minimum atomic E-state index is -0.451. The van der Waals surface area contributed by atoms with Gasteiger partial charge in [-0.1, -0.05) is 32.9 Å². The van der Waals surface area contributed by atoms with Gasteiger partial charge in [-0.25, -0.2) is 0 Å². The SMILES string of the molecule is CC(C)(C)C(=O)Nc1ccc(CN2C(=O)CCC2=O)cc1. The third-order valence-electron chi connectivity index (χ3n) is 3.39. The quantitative estimate of drug-likeness (QED) is 0.868.